The molecule has 0 bridgehead atoms. The maximum atomic E-state index is 11.7. The molecule has 0 aliphatic carbocycles. The van der Waals surface area contributed by atoms with Crippen molar-refractivity contribution < 1.29 is 4.79 Å². The van der Waals surface area contributed by atoms with Crippen LogP contribution in [0.3, 0.4) is 0 Å². The third-order valence-electron chi connectivity index (χ3n) is 2.28. The van der Waals surface area contributed by atoms with Crippen LogP contribution in [0.15, 0.2) is 30.3 Å². The molecule has 0 saturated heterocycles. The highest BCUT2D eigenvalue weighted by atomic mass is 35.5. The van der Waals surface area contributed by atoms with Gasteiger partial charge in [-0.2, -0.15) is 0 Å². The molecule has 0 radical (unpaired) electrons. The summed E-state index contributed by atoms with van der Waals surface area (Å²) in [7, 11) is 0. The zero-order valence-electron chi connectivity index (χ0n) is 10.3. The summed E-state index contributed by atoms with van der Waals surface area (Å²) in [5, 5.41) is 12.5. The van der Waals surface area contributed by atoms with Crippen LogP contribution >= 0.6 is 22.9 Å². The number of aryl methyl sites for hydroxylation is 1. The zero-order chi connectivity index (χ0) is 13.7. The highest BCUT2D eigenvalue weighted by Crippen LogP contribution is 2.15. The largest absolute Gasteiger partial charge is 0.297 e. The molecule has 1 aromatic carbocycles. The van der Waals surface area contributed by atoms with Crippen molar-refractivity contribution in [3.05, 3.63) is 45.9 Å². The minimum absolute atomic E-state index is 0.237. The molecule has 0 aliphatic heterocycles. The van der Waals surface area contributed by atoms with Gasteiger partial charge in [0.05, 0.1) is 0 Å². The summed E-state index contributed by atoms with van der Waals surface area (Å²) in [6.45, 7) is 1.99. The fourth-order valence-corrected chi connectivity index (χ4v) is 2.26. The first-order valence-corrected chi connectivity index (χ1v) is 6.94. The average Bonchev–Trinajstić information content (AvgIpc) is 2.84. The zero-order valence-corrected chi connectivity index (χ0v) is 11.8. The van der Waals surface area contributed by atoms with Gasteiger partial charge in [-0.25, -0.2) is 0 Å². The van der Waals surface area contributed by atoms with Gasteiger partial charge in [0.15, 0.2) is 0 Å². The number of halogens is 1. The summed E-state index contributed by atoms with van der Waals surface area (Å²) in [4.78, 5) is 11.7. The van der Waals surface area contributed by atoms with Crippen molar-refractivity contribution in [3.8, 4) is 0 Å². The quantitative estimate of drug-likeness (QED) is 0.879. The van der Waals surface area contributed by atoms with Crippen molar-refractivity contribution in [2.24, 2.45) is 0 Å². The van der Waals surface area contributed by atoms with Gasteiger partial charge in [-0.3, -0.25) is 10.1 Å². The van der Waals surface area contributed by atoms with E-state index < -0.39 is 0 Å². The number of aromatic nitrogens is 2. The minimum atomic E-state index is -0.237. The van der Waals surface area contributed by atoms with Gasteiger partial charge in [-0.15, -0.1) is 10.2 Å². The lowest BCUT2D eigenvalue weighted by molar-refractivity contribution is -0.111. The van der Waals surface area contributed by atoms with Crippen molar-refractivity contribution in [2.45, 2.75) is 13.3 Å². The van der Waals surface area contributed by atoms with Crippen LogP contribution in [0, 0.1) is 0 Å². The van der Waals surface area contributed by atoms with E-state index in [-0.39, 0.29) is 5.91 Å². The highest BCUT2D eigenvalue weighted by Gasteiger charge is 2.04. The van der Waals surface area contributed by atoms with Crippen molar-refractivity contribution >= 4 is 40.1 Å². The first-order chi connectivity index (χ1) is 9.17. The number of benzene rings is 1. The van der Waals surface area contributed by atoms with Crippen LogP contribution in [-0.4, -0.2) is 16.1 Å². The lowest BCUT2D eigenvalue weighted by Gasteiger charge is -1.96. The Balaban J connectivity index is 1.97. The van der Waals surface area contributed by atoms with Crippen molar-refractivity contribution in [3.63, 3.8) is 0 Å². The van der Waals surface area contributed by atoms with Crippen molar-refractivity contribution in [2.75, 3.05) is 5.32 Å². The molecule has 0 unspecified atom stereocenters. The second kappa shape index (κ2) is 6.45. The molecule has 1 N–H and O–H groups in total. The molecule has 2 rings (SSSR count). The van der Waals surface area contributed by atoms with E-state index >= 15 is 0 Å². The predicted octanol–water partition coefficient (Wildman–Crippen LogP) is 3.41. The molecule has 0 atom stereocenters. The monoisotopic (exact) mass is 293 g/mol. The van der Waals surface area contributed by atoms with Crippen LogP contribution in [0.4, 0.5) is 5.13 Å². The maximum absolute atomic E-state index is 11.7. The number of amides is 1. The fourth-order valence-electron chi connectivity index (χ4n) is 1.38. The molecular formula is C13H12ClN3OS. The molecule has 1 amide bonds. The molecule has 0 aliphatic rings. The summed E-state index contributed by atoms with van der Waals surface area (Å²) >= 11 is 7.23. The van der Waals surface area contributed by atoms with Crippen LogP contribution < -0.4 is 5.32 Å². The molecular weight excluding hydrogens is 282 g/mol. The normalized spacial score (nSPS) is 10.8. The molecule has 2 aromatic rings. The standard InChI is InChI=1S/C13H12ClN3OS/c1-2-12-16-17-13(19-12)15-11(18)7-6-9-4-3-5-10(14)8-9/h3-8H,2H2,1H3,(H,15,17,18)/b7-6+. The van der Waals surface area contributed by atoms with E-state index in [2.05, 4.69) is 15.5 Å². The van der Waals surface area contributed by atoms with Crippen LogP contribution in [0.5, 0.6) is 0 Å². The van der Waals surface area contributed by atoms with Gasteiger partial charge in [0.2, 0.25) is 11.0 Å². The number of nitrogens with zero attached hydrogens (tertiary/aromatic N) is 2. The van der Waals surface area contributed by atoms with E-state index in [1.165, 1.54) is 17.4 Å². The third-order valence-corrected chi connectivity index (χ3v) is 3.49. The van der Waals surface area contributed by atoms with E-state index in [4.69, 9.17) is 11.6 Å². The molecule has 1 aromatic heterocycles. The Kier molecular flexibility index (Phi) is 4.65. The Morgan fingerprint density at radius 2 is 2.32 bits per heavy atom. The molecule has 0 fully saturated rings. The van der Waals surface area contributed by atoms with Gasteiger partial charge in [0, 0.05) is 11.1 Å². The molecule has 0 saturated carbocycles. The van der Waals surface area contributed by atoms with Gasteiger partial charge >= 0.3 is 0 Å². The summed E-state index contributed by atoms with van der Waals surface area (Å²) in [6.07, 6.45) is 3.95. The molecule has 0 spiro atoms. The van der Waals surface area contributed by atoms with E-state index in [9.17, 15) is 4.79 Å². The lowest BCUT2D eigenvalue weighted by atomic mass is 10.2. The van der Waals surface area contributed by atoms with Gasteiger partial charge in [0.1, 0.15) is 5.01 Å². The van der Waals surface area contributed by atoms with Gasteiger partial charge < -0.3 is 0 Å². The second-order valence-corrected chi connectivity index (χ2v) is 5.23. The van der Waals surface area contributed by atoms with Crippen molar-refractivity contribution in [1.82, 2.24) is 10.2 Å². The Labute approximate surface area is 120 Å². The Hall–Kier alpha value is -1.72. The molecule has 1 heterocycles. The first kappa shape index (κ1) is 13.7. The molecule has 98 valence electrons. The number of hydrogen-bond acceptors (Lipinski definition) is 4. The predicted molar refractivity (Wildman–Crippen MR) is 78.4 cm³/mol. The molecule has 6 heteroatoms. The van der Waals surface area contributed by atoms with Gasteiger partial charge in [0.25, 0.3) is 0 Å². The van der Waals surface area contributed by atoms with Crippen molar-refractivity contribution in [1.29, 1.82) is 0 Å². The summed E-state index contributed by atoms with van der Waals surface area (Å²) in [5.41, 5.74) is 0.870. The SMILES string of the molecule is CCc1nnc(NC(=O)/C=C/c2cccc(Cl)c2)s1. The fraction of sp³-hybridized carbons (Fsp3) is 0.154. The number of rotatable bonds is 4. The van der Waals surface area contributed by atoms with E-state index in [1.54, 1.807) is 18.2 Å². The molecule has 4 nitrogen and oxygen atoms in total. The van der Waals surface area contributed by atoms with Crippen LogP contribution in [0.1, 0.15) is 17.5 Å². The smallest absolute Gasteiger partial charge is 0.250 e. The third kappa shape index (κ3) is 4.15. The van der Waals surface area contributed by atoms with E-state index in [0.29, 0.717) is 10.2 Å². The number of carbonyl (C=O) groups is 1. The Morgan fingerprint density at radius 1 is 1.47 bits per heavy atom. The number of carbonyl (C=O) groups excluding carboxylic acids is 1. The number of anilines is 1. The van der Waals surface area contributed by atoms with Crippen LogP contribution in [-0.2, 0) is 11.2 Å². The molecule has 19 heavy (non-hydrogen) atoms. The summed E-state index contributed by atoms with van der Waals surface area (Å²) in [5.74, 6) is -0.237. The van der Waals surface area contributed by atoms with Gasteiger partial charge in [-0.05, 0) is 30.2 Å². The number of hydrogen-bond donors (Lipinski definition) is 1. The highest BCUT2D eigenvalue weighted by molar-refractivity contribution is 7.15. The van der Waals surface area contributed by atoms with Crippen LogP contribution in [0.2, 0.25) is 5.02 Å². The maximum Gasteiger partial charge on any atom is 0.250 e. The first-order valence-electron chi connectivity index (χ1n) is 5.74. The Morgan fingerprint density at radius 3 is 3.00 bits per heavy atom. The minimum Gasteiger partial charge on any atom is -0.297 e. The summed E-state index contributed by atoms with van der Waals surface area (Å²) in [6, 6.07) is 7.27. The second-order valence-electron chi connectivity index (χ2n) is 3.73. The van der Waals surface area contributed by atoms with Crippen LogP contribution in [0.25, 0.3) is 6.08 Å². The summed E-state index contributed by atoms with van der Waals surface area (Å²) < 4.78 is 0. The lowest BCUT2D eigenvalue weighted by Crippen LogP contribution is -2.07. The van der Waals surface area contributed by atoms with E-state index in [1.807, 2.05) is 19.1 Å². The number of nitrogens with one attached hydrogen (secondary N) is 1. The topological polar surface area (TPSA) is 54.9 Å². The van der Waals surface area contributed by atoms with E-state index in [0.717, 1.165) is 17.0 Å². The average molecular weight is 294 g/mol. The van der Waals surface area contributed by atoms with Gasteiger partial charge in [-0.1, -0.05) is 42.0 Å². The Bertz CT molecular complexity index is 609.